The second-order valence-electron chi connectivity index (χ2n) is 9.04. The van der Waals surface area contributed by atoms with E-state index in [1.807, 2.05) is 11.0 Å². The zero-order valence-electron chi connectivity index (χ0n) is 19.2. The van der Waals surface area contributed by atoms with Gasteiger partial charge in [0.1, 0.15) is 11.9 Å². The van der Waals surface area contributed by atoms with Crippen LogP contribution in [-0.4, -0.2) is 55.8 Å². The summed E-state index contributed by atoms with van der Waals surface area (Å²) in [6, 6.07) is 12.3. The number of sulfonamides is 1. The highest BCUT2D eigenvalue weighted by atomic mass is 35.5. The van der Waals surface area contributed by atoms with Crippen molar-refractivity contribution in [2.24, 2.45) is 5.92 Å². The number of carbonyl (C=O) groups is 1. The van der Waals surface area contributed by atoms with Crippen molar-refractivity contribution in [3.8, 4) is 5.75 Å². The molecule has 0 aromatic heterocycles. The number of hydrogen-bond donors (Lipinski definition) is 0. The fraction of sp³-hybridized carbons (Fsp3) is 0.480. The summed E-state index contributed by atoms with van der Waals surface area (Å²) in [6.07, 6.45) is 3.03. The van der Waals surface area contributed by atoms with Crippen molar-refractivity contribution in [3.63, 3.8) is 0 Å². The van der Waals surface area contributed by atoms with Gasteiger partial charge in [-0.2, -0.15) is 4.31 Å². The van der Waals surface area contributed by atoms with E-state index in [2.05, 4.69) is 26.0 Å². The summed E-state index contributed by atoms with van der Waals surface area (Å²) < 4.78 is 33.7. The minimum atomic E-state index is -3.64. The second kappa shape index (κ2) is 10.0. The first-order valence-corrected chi connectivity index (χ1v) is 13.3. The zero-order chi connectivity index (χ0) is 23.6. The number of amides is 1. The standard InChI is InChI=1S/C25H31ClN2O4S/c1-18-5-8-23(16-19(18)2)32-22-11-14-27(15-12-22)25(29)20-4-3-13-28(17-20)33(30,31)24-9-6-21(26)7-10-24/h5-10,16,20,22H,3-4,11-15,17H2,1-2H3. The largest absolute Gasteiger partial charge is 0.490 e. The molecule has 0 spiro atoms. The SMILES string of the molecule is Cc1ccc(OC2CCN(C(=O)C3CCCN(S(=O)(=O)c4ccc(Cl)cc4)C3)CC2)cc1C. The summed E-state index contributed by atoms with van der Waals surface area (Å²) in [4.78, 5) is 15.3. The van der Waals surface area contributed by atoms with Crippen LogP contribution in [0.1, 0.15) is 36.8 Å². The first-order chi connectivity index (χ1) is 15.7. The zero-order valence-corrected chi connectivity index (χ0v) is 20.7. The van der Waals surface area contributed by atoms with Crippen LogP contribution in [0.3, 0.4) is 0 Å². The Kier molecular flexibility index (Phi) is 7.31. The molecule has 0 saturated carbocycles. The summed E-state index contributed by atoms with van der Waals surface area (Å²) in [6.45, 7) is 6.08. The molecule has 2 aliphatic rings. The molecule has 6 nitrogen and oxygen atoms in total. The summed E-state index contributed by atoms with van der Waals surface area (Å²) in [7, 11) is -3.64. The van der Waals surface area contributed by atoms with Crippen LogP contribution < -0.4 is 4.74 Å². The summed E-state index contributed by atoms with van der Waals surface area (Å²) >= 11 is 5.90. The van der Waals surface area contributed by atoms with Gasteiger partial charge in [0, 0.05) is 44.0 Å². The minimum Gasteiger partial charge on any atom is -0.490 e. The first kappa shape index (κ1) is 24.0. The Morgan fingerprint density at radius 2 is 1.67 bits per heavy atom. The van der Waals surface area contributed by atoms with Gasteiger partial charge < -0.3 is 9.64 Å². The van der Waals surface area contributed by atoms with E-state index in [0.29, 0.717) is 37.5 Å². The maximum Gasteiger partial charge on any atom is 0.243 e. The molecule has 33 heavy (non-hydrogen) atoms. The topological polar surface area (TPSA) is 66.9 Å². The highest BCUT2D eigenvalue weighted by molar-refractivity contribution is 7.89. The van der Waals surface area contributed by atoms with Crippen LogP contribution in [0, 0.1) is 19.8 Å². The van der Waals surface area contributed by atoms with Crippen molar-refractivity contribution in [3.05, 3.63) is 58.6 Å². The van der Waals surface area contributed by atoms with Crippen LogP contribution in [0.2, 0.25) is 5.02 Å². The molecule has 2 aromatic carbocycles. The Bertz CT molecular complexity index is 1100. The van der Waals surface area contributed by atoms with Crippen LogP contribution in [0.15, 0.2) is 47.4 Å². The molecule has 2 aliphatic heterocycles. The third-order valence-electron chi connectivity index (χ3n) is 6.72. The van der Waals surface area contributed by atoms with Gasteiger partial charge in [-0.1, -0.05) is 17.7 Å². The number of likely N-dealkylation sites (tertiary alicyclic amines) is 1. The van der Waals surface area contributed by atoms with E-state index in [4.69, 9.17) is 16.3 Å². The fourth-order valence-corrected chi connectivity index (χ4v) is 6.20. The second-order valence-corrected chi connectivity index (χ2v) is 11.4. The number of hydrogen-bond acceptors (Lipinski definition) is 4. The fourth-order valence-electron chi connectivity index (χ4n) is 4.55. The van der Waals surface area contributed by atoms with Crippen LogP contribution in [0.4, 0.5) is 0 Å². The Morgan fingerprint density at radius 1 is 0.970 bits per heavy atom. The molecule has 0 radical (unpaired) electrons. The van der Waals surface area contributed by atoms with Gasteiger partial charge in [-0.05, 0) is 74.2 Å². The van der Waals surface area contributed by atoms with Crippen molar-refractivity contribution in [1.29, 1.82) is 0 Å². The maximum absolute atomic E-state index is 13.2. The molecule has 0 aliphatic carbocycles. The Balaban J connectivity index is 1.33. The normalized spacial score (nSPS) is 20.6. The van der Waals surface area contributed by atoms with Gasteiger partial charge in [0.25, 0.3) is 0 Å². The van der Waals surface area contributed by atoms with E-state index in [9.17, 15) is 13.2 Å². The molecule has 178 valence electrons. The van der Waals surface area contributed by atoms with E-state index in [1.165, 1.54) is 27.6 Å². The van der Waals surface area contributed by atoms with Crippen LogP contribution in [0.5, 0.6) is 5.75 Å². The van der Waals surface area contributed by atoms with Gasteiger partial charge >= 0.3 is 0 Å². The Hall–Kier alpha value is -2.09. The molecule has 0 N–H and O–H groups in total. The number of halogens is 1. The molecule has 8 heteroatoms. The molecule has 1 atom stereocenters. The molecule has 2 saturated heterocycles. The predicted octanol–water partition coefficient (Wildman–Crippen LogP) is 4.43. The lowest BCUT2D eigenvalue weighted by Gasteiger charge is -2.37. The number of aryl methyl sites for hydroxylation is 2. The van der Waals surface area contributed by atoms with Gasteiger partial charge in [-0.25, -0.2) is 8.42 Å². The van der Waals surface area contributed by atoms with Crippen LogP contribution in [0.25, 0.3) is 0 Å². The predicted molar refractivity (Wildman–Crippen MR) is 129 cm³/mol. The molecular weight excluding hydrogens is 460 g/mol. The number of benzene rings is 2. The Morgan fingerprint density at radius 3 is 2.33 bits per heavy atom. The average Bonchev–Trinajstić information content (AvgIpc) is 2.82. The van der Waals surface area contributed by atoms with E-state index in [1.54, 1.807) is 12.1 Å². The summed E-state index contributed by atoms with van der Waals surface area (Å²) in [5.41, 5.74) is 2.44. The van der Waals surface area contributed by atoms with E-state index in [-0.39, 0.29) is 29.4 Å². The molecule has 1 unspecified atom stereocenters. The van der Waals surface area contributed by atoms with Crippen molar-refractivity contribution in [2.75, 3.05) is 26.2 Å². The molecule has 1 amide bonds. The Labute approximate surface area is 201 Å². The van der Waals surface area contributed by atoms with E-state index in [0.717, 1.165) is 18.6 Å². The van der Waals surface area contributed by atoms with Crippen molar-refractivity contribution < 1.29 is 17.9 Å². The highest BCUT2D eigenvalue weighted by Gasteiger charge is 2.36. The van der Waals surface area contributed by atoms with Gasteiger partial charge in [-0.3, -0.25) is 4.79 Å². The quantitative estimate of drug-likeness (QED) is 0.622. The number of nitrogens with zero attached hydrogens (tertiary/aromatic N) is 2. The van der Waals surface area contributed by atoms with Crippen LogP contribution >= 0.6 is 11.6 Å². The lowest BCUT2D eigenvalue weighted by molar-refractivity contribution is -0.138. The van der Waals surface area contributed by atoms with E-state index >= 15 is 0 Å². The lowest BCUT2D eigenvalue weighted by atomic mass is 9.96. The molecule has 0 bridgehead atoms. The maximum atomic E-state index is 13.2. The molecule has 2 fully saturated rings. The molecule has 2 aromatic rings. The van der Waals surface area contributed by atoms with Gasteiger partial charge in [0.2, 0.25) is 15.9 Å². The summed E-state index contributed by atoms with van der Waals surface area (Å²) in [5, 5.41) is 0.491. The van der Waals surface area contributed by atoms with Gasteiger partial charge in [0.15, 0.2) is 0 Å². The molecule has 4 rings (SSSR count). The smallest absolute Gasteiger partial charge is 0.243 e. The monoisotopic (exact) mass is 490 g/mol. The van der Waals surface area contributed by atoms with Crippen LogP contribution in [-0.2, 0) is 14.8 Å². The van der Waals surface area contributed by atoms with Crippen molar-refractivity contribution in [2.45, 2.75) is 50.5 Å². The number of piperidine rings is 2. The first-order valence-electron chi connectivity index (χ1n) is 11.5. The third kappa shape index (κ3) is 5.53. The minimum absolute atomic E-state index is 0.0515. The third-order valence-corrected chi connectivity index (χ3v) is 8.85. The number of rotatable bonds is 5. The summed E-state index contributed by atoms with van der Waals surface area (Å²) in [5.74, 6) is 0.617. The van der Waals surface area contributed by atoms with Gasteiger partial charge in [-0.15, -0.1) is 0 Å². The van der Waals surface area contributed by atoms with Gasteiger partial charge in [0.05, 0.1) is 10.8 Å². The molecular formula is C25H31ClN2O4S. The highest BCUT2D eigenvalue weighted by Crippen LogP contribution is 2.28. The van der Waals surface area contributed by atoms with Crippen molar-refractivity contribution >= 4 is 27.5 Å². The number of carbonyl (C=O) groups excluding carboxylic acids is 1. The number of ether oxygens (including phenoxy) is 1. The average molecular weight is 491 g/mol. The van der Waals surface area contributed by atoms with Crippen molar-refractivity contribution in [1.82, 2.24) is 9.21 Å². The van der Waals surface area contributed by atoms with E-state index < -0.39 is 10.0 Å². The molecule has 2 heterocycles. The lowest BCUT2D eigenvalue weighted by Crippen LogP contribution is -2.49.